The first kappa shape index (κ1) is 8.93. The second-order valence-corrected chi connectivity index (χ2v) is 3.41. The predicted molar refractivity (Wildman–Crippen MR) is 40.3 cm³/mol. The molecule has 54 valence electrons. The Kier molecular flexibility index (Phi) is 6.01. The summed E-state index contributed by atoms with van der Waals surface area (Å²) in [5, 5.41) is 0. The van der Waals surface area contributed by atoms with Gasteiger partial charge in [0.15, 0.2) is 8.03 Å². The van der Waals surface area contributed by atoms with E-state index in [1.807, 2.05) is 6.08 Å². The zero-order valence-corrected chi connectivity index (χ0v) is 6.72. The van der Waals surface area contributed by atoms with Crippen LogP contribution < -0.4 is 0 Å². The van der Waals surface area contributed by atoms with Gasteiger partial charge >= 0.3 is 0 Å². The van der Waals surface area contributed by atoms with Crippen molar-refractivity contribution in [1.29, 1.82) is 0 Å². The lowest BCUT2D eigenvalue weighted by Crippen LogP contribution is -1.78. The van der Waals surface area contributed by atoms with Crippen LogP contribution in [0.25, 0.3) is 0 Å². The highest BCUT2D eigenvalue weighted by atomic mass is 31.1. The van der Waals surface area contributed by atoms with Gasteiger partial charge in [0.05, 0.1) is 0 Å². The molecule has 0 aliphatic carbocycles. The van der Waals surface area contributed by atoms with E-state index in [1.54, 1.807) is 0 Å². The van der Waals surface area contributed by atoms with E-state index in [-0.39, 0.29) is 0 Å². The standard InChI is InChI=1S/C6H13O2P/c1-3-4-5-6-9(7)8-2/h3,9H,1,4-6H2,2H3. The maximum atomic E-state index is 10.6. The van der Waals surface area contributed by atoms with E-state index in [1.165, 1.54) is 7.11 Å². The van der Waals surface area contributed by atoms with Gasteiger partial charge in [-0.05, 0) is 12.8 Å². The van der Waals surface area contributed by atoms with Crippen LogP contribution in [0.5, 0.6) is 0 Å². The summed E-state index contributed by atoms with van der Waals surface area (Å²) in [4.78, 5) is 0. The summed E-state index contributed by atoms with van der Waals surface area (Å²) < 4.78 is 15.2. The Bertz CT molecular complexity index is 101. The third-order valence-electron chi connectivity index (χ3n) is 1.02. The number of hydrogen-bond acceptors (Lipinski definition) is 2. The van der Waals surface area contributed by atoms with Gasteiger partial charge in [0, 0.05) is 13.3 Å². The van der Waals surface area contributed by atoms with Crippen molar-refractivity contribution in [3.8, 4) is 0 Å². The Morgan fingerprint density at radius 2 is 2.44 bits per heavy atom. The zero-order valence-electron chi connectivity index (χ0n) is 5.72. The van der Waals surface area contributed by atoms with Gasteiger partial charge in [-0.2, -0.15) is 0 Å². The fourth-order valence-corrected chi connectivity index (χ4v) is 1.19. The molecular formula is C6H13O2P. The summed E-state index contributed by atoms with van der Waals surface area (Å²) in [7, 11) is -0.218. The largest absolute Gasteiger partial charge is 0.334 e. The van der Waals surface area contributed by atoms with Gasteiger partial charge in [0.1, 0.15) is 0 Å². The number of hydrogen-bond donors (Lipinski definition) is 0. The van der Waals surface area contributed by atoms with E-state index in [4.69, 9.17) is 0 Å². The van der Waals surface area contributed by atoms with Crippen LogP contribution in [0.1, 0.15) is 12.8 Å². The van der Waals surface area contributed by atoms with Crippen molar-refractivity contribution >= 4 is 8.03 Å². The first-order valence-corrected chi connectivity index (χ1v) is 4.51. The summed E-state index contributed by atoms with van der Waals surface area (Å²) >= 11 is 0. The van der Waals surface area contributed by atoms with Crippen molar-refractivity contribution in [2.45, 2.75) is 12.8 Å². The zero-order chi connectivity index (χ0) is 7.11. The van der Waals surface area contributed by atoms with Crippen LogP contribution in [-0.4, -0.2) is 13.3 Å². The van der Waals surface area contributed by atoms with Crippen LogP contribution in [-0.2, 0) is 9.09 Å². The van der Waals surface area contributed by atoms with Crippen LogP contribution in [0.4, 0.5) is 0 Å². The fourth-order valence-electron chi connectivity index (χ4n) is 0.493. The molecule has 0 aromatic rings. The average Bonchev–Trinajstić information content (AvgIpc) is 1.89. The van der Waals surface area contributed by atoms with Gasteiger partial charge in [-0.15, -0.1) is 6.58 Å². The topological polar surface area (TPSA) is 26.3 Å². The van der Waals surface area contributed by atoms with E-state index < -0.39 is 8.03 Å². The molecule has 0 saturated heterocycles. The summed E-state index contributed by atoms with van der Waals surface area (Å²) in [6, 6.07) is 0. The molecule has 3 heteroatoms. The van der Waals surface area contributed by atoms with Crippen molar-refractivity contribution in [3.05, 3.63) is 12.7 Å². The van der Waals surface area contributed by atoms with Crippen LogP contribution in [0, 0.1) is 0 Å². The minimum absolute atomic E-state index is 0.688. The molecule has 0 fully saturated rings. The summed E-state index contributed by atoms with van der Waals surface area (Å²) in [5.74, 6) is 0. The highest BCUT2D eigenvalue weighted by molar-refractivity contribution is 7.39. The summed E-state index contributed by atoms with van der Waals surface area (Å²) in [6.07, 6.45) is 4.37. The van der Waals surface area contributed by atoms with Gasteiger partial charge < -0.3 is 4.52 Å². The van der Waals surface area contributed by atoms with Crippen LogP contribution >= 0.6 is 8.03 Å². The molecule has 0 spiro atoms. The van der Waals surface area contributed by atoms with Crippen molar-refractivity contribution in [1.82, 2.24) is 0 Å². The number of rotatable bonds is 5. The molecule has 0 bridgehead atoms. The van der Waals surface area contributed by atoms with Crippen molar-refractivity contribution in [2.75, 3.05) is 13.3 Å². The molecule has 0 aromatic carbocycles. The van der Waals surface area contributed by atoms with E-state index in [9.17, 15) is 4.57 Å². The van der Waals surface area contributed by atoms with Gasteiger partial charge in [0.25, 0.3) is 0 Å². The van der Waals surface area contributed by atoms with Gasteiger partial charge in [-0.3, -0.25) is 4.57 Å². The smallest absolute Gasteiger partial charge is 0.191 e. The molecule has 1 unspecified atom stereocenters. The van der Waals surface area contributed by atoms with Crippen molar-refractivity contribution in [3.63, 3.8) is 0 Å². The molecular weight excluding hydrogens is 135 g/mol. The summed E-state index contributed by atoms with van der Waals surface area (Å²) in [6.45, 7) is 3.55. The predicted octanol–water partition coefficient (Wildman–Crippen LogP) is 2.07. The lowest BCUT2D eigenvalue weighted by Gasteiger charge is -1.94. The minimum Gasteiger partial charge on any atom is -0.334 e. The van der Waals surface area contributed by atoms with E-state index in [0.717, 1.165) is 12.8 Å². The maximum absolute atomic E-state index is 10.6. The average molecular weight is 148 g/mol. The molecule has 0 aromatic heterocycles. The highest BCUT2D eigenvalue weighted by Gasteiger charge is 1.92. The molecule has 0 radical (unpaired) electrons. The van der Waals surface area contributed by atoms with Crippen molar-refractivity contribution in [2.24, 2.45) is 0 Å². The monoisotopic (exact) mass is 148 g/mol. The summed E-state index contributed by atoms with van der Waals surface area (Å²) in [5.41, 5.74) is 0. The Morgan fingerprint density at radius 3 is 2.89 bits per heavy atom. The molecule has 0 rings (SSSR count). The van der Waals surface area contributed by atoms with Crippen LogP contribution in [0.15, 0.2) is 12.7 Å². The molecule has 1 atom stereocenters. The Labute approximate surface area is 56.8 Å². The Morgan fingerprint density at radius 1 is 1.78 bits per heavy atom. The first-order chi connectivity index (χ1) is 4.31. The van der Waals surface area contributed by atoms with E-state index >= 15 is 0 Å². The highest BCUT2D eigenvalue weighted by Crippen LogP contribution is 2.21. The van der Waals surface area contributed by atoms with E-state index in [2.05, 4.69) is 11.1 Å². The minimum atomic E-state index is -1.70. The van der Waals surface area contributed by atoms with Crippen LogP contribution in [0.2, 0.25) is 0 Å². The number of unbranched alkanes of at least 4 members (excludes halogenated alkanes) is 1. The second-order valence-electron chi connectivity index (χ2n) is 1.76. The molecule has 0 heterocycles. The Hall–Kier alpha value is -0.0700. The van der Waals surface area contributed by atoms with E-state index in [0.29, 0.717) is 6.16 Å². The lowest BCUT2D eigenvalue weighted by molar-refractivity contribution is 0.414. The second kappa shape index (κ2) is 6.06. The fraction of sp³-hybridized carbons (Fsp3) is 0.667. The molecule has 0 aliphatic heterocycles. The van der Waals surface area contributed by atoms with Crippen LogP contribution in [0.3, 0.4) is 0 Å². The van der Waals surface area contributed by atoms with Gasteiger partial charge in [0.2, 0.25) is 0 Å². The van der Waals surface area contributed by atoms with Gasteiger partial charge in [-0.1, -0.05) is 6.08 Å². The SMILES string of the molecule is C=CCCC[PH](=O)OC. The third kappa shape index (κ3) is 5.81. The Balaban J connectivity index is 3.06. The molecule has 0 saturated carbocycles. The lowest BCUT2D eigenvalue weighted by atomic mass is 10.3. The molecule has 2 nitrogen and oxygen atoms in total. The van der Waals surface area contributed by atoms with Gasteiger partial charge in [-0.25, -0.2) is 0 Å². The van der Waals surface area contributed by atoms with Crippen molar-refractivity contribution < 1.29 is 9.09 Å². The molecule has 9 heavy (non-hydrogen) atoms. The third-order valence-corrected chi connectivity index (χ3v) is 2.23. The maximum Gasteiger partial charge on any atom is 0.191 e. The normalized spacial score (nSPS) is 13.0. The quantitative estimate of drug-likeness (QED) is 0.339. The first-order valence-electron chi connectivity index (χ1n) is 2.99. The molecule has 0 amide bonds. The number of allylic oxidation sites excluding steroid dienone is 1. The molecule has 0 N–H and O–H groups in total. The molecule has 0 aliphatic rings.